The maximum atomic E-state index is 12.5. The smallest absolute Gasteiger partial charge is 0.238 e. The van der Waals surface area contributed by atoms with Gasteiger partial charge in [-0.15, -0.1) is 0 Å². The third kappa shape index (κ3) is 4.45. The average molecular weight is 377 g/mol. The molecular formula is C19H27N3O5. The van der Waals surface area contributed by atoms with Crippen LogP contribution in [0.1, 0.15) is 12.8 Å². The SMILES string of the molecule is COc1cc2c(cc1NC(=O)CN1CCN(CC3CCCO3)CC1)OCO2. The van der Waals surface area contributed by atoms with E-state index >= 15 is 0 Å². The van der Waals surface area contributed by atoms with E-state index in [-0.39, 0.29) is 12.7 Å². The molecule has 0 aliphatic carbocycles. The molecule has 2 fully saturated rings. The molecule has 148 valence electrons. The molecule has 0 saturated carbocycles. The van der Waals surface area contributed by atoms with Gasteiger partial charge in [0.25, 0.3) is 0 Å². The first-order valence-electron chi connectivity index (χ1n) is 9.55. The van der Waals surface area contributed by atoms with Crippen LogP contribution < -0.4 is 19.5 Å². The lowest BCUT2D eigenvalue weighted by atomic mass is 10.2. The second kappa shape index (κ2) is 8.33. The van der Waals surface area contributed by atoms with E-state index in [4.69, 9.17) is 18.9 Å². The minimum Gasteiger partial charge on any atom is -0.494 e. The Kier molecular flexibility index (Phi) is 5.66. The highest BCUT2D eigenvalue weighted by Crippen LogP contribution is 2.40. The van der Waals surface area contributed by atoms with Gasteiger partial charge in [-0.3, -0.25) is 14.6 Å². The fraction of sp³-hybridized carbons (Fsp3) is 0.632. The number of hydrogen-bond acceptors (Lipinski definition) is 7. The minimum absolute atomic E-state index is 0.0558. The van der Waals surface area contributed by atoms with E-state index in [0.717, 1.165) is 39.3 Å². The first-order chi connectivity index (χ1) is 13.2. The Morgan fingerprint density at radius 2 is 1.93 bits per heavy atom. The highest BCUT2D eigenvalue weighted by molar-refractivity contribution is 5.94. The minimum atomic E-state index is -0.0558. The summed E-state index contributed by atoms with van der Waals surface area (Å²) < 4.78 is 21.8. The lowest BCUT2D eigenvalue weighted by Crippen LogP contribution is -2.50. The van der Waals surface area contributed by atoms with Crippen molar-refractivity contribution in [1.82, 2.24) is 9.80 Å². The Balaban J connectivity index is 1.26. The molecule has 8 heteroatoms. The van der Waals surface area contributed by atoms with E-state index in [1.165, 1.54) is 12.8 Å². The maximum Gasteiger partial charge on any atom is 0.238 e. The topological polar surface area (TPSA) is 72.5 Å². The van der Waals surface area contributed by atoms with Crippen LogP contribution in [-0.4, -0.2) is 81.6 Å². The third-order valence-corrected chi connectivity index (χ3v) is 5.29. The van der Waals surface area contributed by atoms with Gasteiger partial charge in [-0.05, 0) is 12.8 Å². The summed E-state index contributed by atoms with van der Waals surface area (Å²) in [6.07, 6.45) is 2.73. The molecule has 0 spiro atoms. The van der Waals surface area contributed by atoms with E-state index in [0.29, 0.717) is 35.6 Å². The van der Waals surface area contributed by atoms with Crippen molar-refractivity contribution in [3.05, 3.63) is 12.1 Å². The number of carbonyl (C=O) groups is 1. The number of carbonyl (C=O) groups excluding carboxylic acids is 1. The van der Waals surface area contributed by atoms with Gasteiger partial charge < -0.3 is 24.3 Å². The van der Waals surface area contributed by atoms with Gasteiger partial charge >= 0.3 is 0 Å². The molecule has 1 amide bonds. The van der Waals surface area contributed by atoms with Crippen LogP contribution in [-0.2, 0) is 9.53 Å². The predicted octanol–water partition coefficient (Wildman–Crippen LogP) is 1.16. The number of nitrogens with zero attached hydrogens (tertiary/aromatic N) is 2. The zero-order valence-corrected chi connectivity index (χ0v) is 15.7. The molecule has 27 heavy (non-hydrogen) atoms. The number of piperazine rings is 1. The van der Waals surface area contributed by atoms with Crippen LogP contribution in [0.5, 0.6) is 17.2 Å². The predicted molar refractivity (Wildman–Crippen MR) is 99.6 cm³/mol. The average Bonchev–Trinajstić information content (AvgIpc) is 3.34. The molecule has 3 aliphatic heterocycles. The van der Waals surface area contributed by atoms with E-state index in [9.17, 15) is 4.79 Å². The van der Waals surface area contributed by atoms with Crippen LogP contribution in [0.25, 0.3) is 0 Å². The van der Waals surface area contributed by atoms with Gasteiger partial charge in [-0.25, -0.2) is 0 Å². The van der Waals surface area contributed by atoms with Crippen LogP contribution in [0.2, 0.25) is 0 Å². The van der Waals surface area contributed by atoms with Gasteiger partial charge in [0.15, 0.2) is 11.5 Å². The lowest BCUT2D eigenvalue weighted by Gasteiger charge is -2.35. The van der Waals surface area contributed by atoms with Crippen molar-refractivity contribution in [2.75, 3.05) is 65.1 Å². The molecule has 3 heterocycles. The number of fused-ring (bicyclic) bond motifs is 1. The number of methoxy groups -OCH3 is 1. The quantitative estimate of drug-likeness (QED) is 0.798. The van der Waals surface area contributed by atoms with E-state index < -0.39 is 0 Å². The van der Waals surface area contributed by atoms with Gasteiger partial charge in [0, 0.05) is 51.5 Å². The molecule has 0 radical (unpaired) electrons. The zero-order chi connectivity index (χ0) is 18.6. The molecular weight excluding hydrogens is 350 g/mol. The Morgan fingerprint density at radius 3 is 2.63 bits per heavy atom. The van der Waals surface area contributed by atoms with Gasteiger partial charge in [-0.1, -0.05) is 0 Å². The molecule has 1 N–H and O–H groups in total. The van der Waals surface area contributed by atoms with Gasteiger partial charge in [0.1, 0.15) is 5.75 Å². The number of rotatable bonds is 6. The summed E-state index contributed by atoms with van der Waals surface area (Å²) in [5.74, 6) is 1.76. The Bertz CT molecular complexity index is 670. The van der Waals surface area contributed by atoms with E-state index in [1.807, 2.05) is 0 Å². The van der Waals surface area contributed by atoms with Gasteiger partial charge in [-0.2, -0.15) is 0 Å². The summed E-state index contributed by atoms with van der Waals surface area (Å²) in [5, 5.41) is 2.93. The zero-order valence-electron chi connectivity index (χ0n) is 15.7. The van der Waals surface area contributed by atoms with Crippen LogP contribution in [0, 0.1) is 0 Å². The second-order valence-corrected chi connectivity index (χ2v) is 7.17. The number of ether oxygens (including phenoxy) is 4. The van der Waals surface area contributed by atoms with Crippen LogP contribution in [0.4, 0.5) is 5.69 Å². The second-order valence-electron chi connectivity index (χ2n) is 7.17. The fourth-order valence-corrected chi connectivity index (χ4v) is 3.79. The first-order valence-corrected chi connectivity index (χ1v) is 9.55. The van der Waals surface area contributed by atoms with Crippen LogP contribution in [0.3, 0.4) is 0 Å². The van der Waals surface area contributed by atoms with Gasteiger partial charge in [0.2, 0.25) is 12.7 Å². The van der Waals surface area contributed by atoms with Crippen LogP contribution in [0.15, 0.2) is 12.1 Å². The van der Waals surface area contributed by atoms with Crippen LogP contribution >= 0.6 is 0 Å². The summed E-state index contributed by atoms with van der Waals surface area (Å²) in [7, 11) is 1.57. The molecule has 2 saturated heterocycles. The summed E-state index contributed by atoms with van der Waals surface area (Å²) in [6, 6.07) is 3.49. The molecule has 3 aliphatic rings. The Hall–Kier alpha value is -2.03. The molecule has 0 aromatic heterocycles. The number of benzene rings is 1. The lowest BCUT2D eigenvalue weighted by molar-refractivity contribution is -0.117. The Labute approximate surface area is 159 Å². The molecule has 4 rings (SSSR count). The van der Waals surface area contributed by atoms with Gasteiger partial charge in [0.05, 0.1) is 25.4 Å². The number of nitrogens with one attached hydrogen (secondary N) is 1. The normalized spacial score (nSPS) is 22.8. The largest absolute Gasteiger partial charge is 0.494 e. The molecule has 1 atom stereocenters. The number of amides is 1. The first kappa shape index (κ1) is 18.3. The maximum absolute atomic E-state index is 12.5. The van der Waals surface area contributed by atoms with Crippen molar-refractivity contribution < 1.29 is 23.7 Å². The van der Waals surface area contributed by atoms with E-state index in [1.54, 1.807) is 19.2 Å². The summed E-state index contributed by atoms with van der Waals surface area (Å²) in [4.78, 5) is 17.1. The van der Waals surface area contributed by atoms with Crippen molar-refractivity contribution in [2.24, 2.45) is 0 Å². The molecule has 0 bridgehead atoms. The molecule has 8 nitrogen and oxygen atoms in total. The van der Waals surface area contributed by atoms with Crippen molar-refractivity contribution in [1.29, 1.82) is 0 Å². The third-order valence-electron chi connectivity index (χ3n) is 5.29. The standard InChI is InChI=1S/C19H27N3O5/c1-24-16-10-18-17(26-13-27-18)9-15(16)20-19(23)12-22-6-4-21(5-7-22)11-14-3-2-8-25-14/h9-10,14H,2-8,11-13H2,1H3,(H,20,23). The summed E-state index contributed by atoms with van der Waals surface area (Å²) in [5.41, 5.74) is 0.601. The highest BCUT2D eigenvalue weighted by Gasteiger charge is 2.24. The molecule has 1 unspecified atom stereocenters. The van der Waals surface area contributed by atoms with Crippen molar-refractivity contribution in [3.8, 4) is 17.2 Å². The summed E-state index contributed by atoms with van der Waals surface area (Å²) >= 11 is 0. The van der Waals surface area contributed by atoms with E-state index in [2.05, 4.69) is 15.1 Å². The monoisotopic (exact) mass is 377 g/mol. The number of anilines is 1. The van der Waals surface area contributed by atoms with Crippen molar-refractivity contribution >= 4 is 11.6 Å². The highest BCUT2D eigenvalue weighted by atomic mass is 16.7. The van der Waals surface area contributed by atoms with Crippen molar-refractivity contribution in [2.45, 2.75) is 18.9 Å². The Morgan fingerprint density at radius 1 is 1.19 bits per heavy atom. The fourth-order valence-electron chi connectivity index (χ4n) is 3.79. The molecule has 1 aromatic rings. The number of hydrogen-bond donors (Lipinski definition) is 1. The molecule has 1 aromatic carbocycles. The van der Waals surface area contributed by atoms with Crippen molar-refractivity contribution in [3.63, 3.8) is 0 Å². The summed E-state index contributed by atoms with van der Waals surface area (Å²) in [6.45, 7) is 6.18.